The Hall–Kier alpha value is -2.63. The summed E-state index contributed by atoms with van der Waals surface area (Å²) in [5.41, 5.74) is 10.6. The summed E-state index contributed by atoms with van der Waals surface area (Å²) in [4.78, 5) is 17.1. The van der Waals surface area contributed by atoms with Crippen molar-refractivity contribution in [2.75, 3.05) is 13.1 Å². The van der Waals surface area contributed by atoms with Gasteiger partial charge in [0.2, 0.25) is 5.91 Å². The van der Waals surface area contributed by atoms with E-state index in [1.165, 1.54) is 27.6 Å². The number of rotatable bonds is 7. The number of hydrogen-bond acceptors (Lipinski definition) is 3. The monoisotopic (exact) mass is 376 g/mol. The summed E-state index contributed by atoms with van der Waals surface area (Å²) in [6.45, 7) is 4.36. The molecular weight excluding hydrogens is 348 g/mol. The van der Waals surface area contributed by atoms with Gasteiger partial charge in [-0.3, -0.25) is 9.69 Å². The molecule has 5 heteroatoms. The third-order valence-corrected chi connectivity index (χ3v) is 5.64. The van der Waals surface area contributed by atoms with Crippen LogP contribution in [0.3, 0.4) is 0 Å². The number of likely N-dealkylation sites (tertiary alicyclic amines) is 1. The molecule has 28 heavy (non-hydrogen) atoms. The molecule has 1 aliphatic rings. The van der Waals surface area contributed by atoms with E-state index in [0.29, 0.717) is 0 Å². The van der Waals surface area contributed by atoms with Gasteiger partial charge in [-0.2, -0.15) is 0 Å². The lowest BCUT2D eigenvalue weighted by Crippen LogP contribution is -2.40. The Balaban J connectivity index is 1.33. The minimum Gasteiger partial charge on any atom is -0.369 e. The van der Waals surface area contributed by atoms with Crippen LogP contribution in [-0.4, -0.2) is 28.9 Å². The molecule has 4 N–H and O–H groups in total. The maximum Gasteiger partial charge on any atom is 0.221 e. The number of nitrogens with two attached hydrogens (primary N) is 1. The van der Waals surface area contributed by atoms with Crippen molar-refractivity contribution < 1.29 is 4.79 Å². The van der Waals surface area contributed by atoms with Gasteiger partial charge in [0.1, 0.15) is 0 Å². The molecule has 146 valence electrons. The first-order valence-electron chi connectivity index (χ1n) is 10.0. The van der Waals surface area contributed by atoms with E-state index in [9.17, 15) is 4.79 Å². The predicted molar refractivity (Wildman–Crippen MR) is 112 cm³/mol. The fraction of sp³-hybridized carbons (Fsp3) is 0.348. The van der Waals surface area contributed by atoms with E-state index < -0.39 is 0 Å². The molecule has 2 aromatic carbocycles. The number of nitrogens with one attached hydrogen (secondary N) is 2. The lowest BCUT2D eigenvalue weighted by atomic mass is 9.97. The number of aromatic amines is 1. The molecule has 0 bridgehead atoms. The van der Waals surface area contributed by atoms with Crippen molar-refractivity contribution in [1.29, 1.82) is 0 Å². The number of carbonyl (C=O) groups is 1. The van der Waals surface area contributed by atoms with Crippen LogP contribution in [-0.2, 0) is 24.4 Å². The number of hydrogen-bond donors (Lipinski definition) is 3. The van der Waals surface area contributed by atoms with Crippen molar-refractivity contribution in [3.63, 3.8) is 0 Å². The largest absolute Gasteiger partial charge is 0.369 e. The maximum absolute atomic E-state index is 11.5. The molecule has 1 amide bonds. The highest BCUT2D eigenvalue weighted by atomic mass is 16.1. The van der Waals surface area contributed by atoms with Gasteiger partial charge in [0, 0.05) is 43.3 Å². The Kier molecular flexibility index (Phi) is 5.74. The molecule has 0 saturated carbocycles. The SMILES string of the molecule is NC(=O)C1CCCN(Cc2cccc(CNCc3cccc4[nH]ccc34)c2)C1. The Labute approximate surface area is 165 Å². The zero-order chi connectivity index (χ0) is 19.3. The Bertz CT molecular complexity index is 948. The van der Waals surface area contributed by atoms with Crippen LogP contribution in [0.25, 0.3) is 10.9 Å². The molecule has 1 fully saturated rings. The number of nitrogens with zero attached hydrogens (tertiary/aromatic N) is 1. The van der Waals surface area contributed by atoms with E-state index in [1.807, 2.05) is 6.20 Å². The highest BCUT2D eigenvalue weighted by Gasteiger charge is 2.23. The van der Waals surface area contributed by atoms with Crippen LogP contribution in [0.5, 0.6) is 0 Å². The third kappa shape index (κ3) is 4.43. The molecule has 1 aromatic heterocycles. The van der Waals surface area contributed by atoms with E-state index in [0.717, 1.165) is 45.6 Å². The van der Waals surface area contributed by atoms with Crippen molar-refractivity contribution in [1.82, 2.24) is 15.2 Å². The Morgan fingerprint density at radius 3 is 2.89 bits per heavy atom. The fourth-order valence-electron chi connectivity index (χ4n) is 4.17. The average molecular weight is 377 g/mol. The summed E-state index contributed by atoms with van der Waals surface area (Å²) in [5.74, 6) is -0.171. The maximum atomic E-state index is 11.5. The number of amides is 1. The van der Waals surface area contributed by atoms with Crippen LogP contribution in [0.1, 0.15) is 29.5 Å². The second-order valence-electron chi connectivity index (χ2n) is 7.76. The number of fused-ring (bicyclic) bond motifs is 1. The van der Waals surface area contributed by atoms with Gasteiger partial charge in [-0.05, 0) is 48.2 Å². The van der Waals surface area contributed by atoms with Gasteiger partial charge in [-0.25, -0.2) is 0 Å². The van der Waals surface area contributed by atoms with E-state index in [1.54, 1.807) is 0 Å². The Morgan fingerprint density at radius 1 is 1.14 bits per heavy atom. The highest BCUT2D eigenvalue weighted by Crippen LogP contribution is 2.19. The van der Waals surface area contributed by atoms with Gasteiger partial charge in [0.15, 0.2) is 0 Å². The smallest absolute Gasteiger partial charge is 0.221 e. The molecule has 0 aliphatic carbocycles. The molecule has 1 aliphatic heterocycles. The molecular formula is C23H28N4O. The quantitative estimate of drug-likeness (QED) is 0.593. The van der Waals surface area contributed by atoms with Crippen LogP contribution < -0.4 is 11.1 Å². The predicted octanol–water partition coefficient (Wildman–Crippen LogP) is 3.16. The van der Waals surface area contributed by atoms with Crippen molar-refractivity contribution in [2.45, 2.75) is 32.5 Å². The second-order valence-corrected chi connectivity index (χ2v) is 7.76. The third-order valence-electron chi connectivity index (χ3n) is 5.64. The van der Waals surface area contributed by atoms with Crippen molar-refractivity contribution in [3.05, 3.63) is 71.4 Å². The van der Waals surface area contributed by atoms with Gasteiger partial charge >= 0.3 is 0 Å². The lowest BCUT2D eigenvalue weighted by molar-refractivity contribution is -0.123. The number of H-pyrrole nitrogens is 1. The van der Waals surface area contributed by atoms with Crippen molar-refractivity contribution >= 4 is 16.8 Å². The number of benzene rings is 2. The summed E-state index contributed by atoms with van der Waals surface area (Å²) < 4.78 is 0. The van der Waals surface area contributed by atoms with Gasteiger partial charge in [0.25, 0.3) is 0 Å². The molecule has 5 nitrogen and oxygen atoms in total. The van der Waals surface area contributed by atoms with Gasteiger partial charge in [-0.1, -0.05) is 36.4 Å². The van der Waals surface area contributed by atoms with Gasteiger partial charge in [-0.15, -0.1) is 0 Å². The van der Waals surface area contributed by atoms with E-state index in [-0.39, 0.29) is 11.8 Å². The van der Waals surface area contributed by atoms with Crippen LogP contribution in [0.4, 0.5) is 0 Å². The number of aromatic nitrogens is 1. The number of primary amides is 1. The summed E-state index contributed by atoms with van der Waals surface area (Å²) in [5, 5.41) is 4.84. The zero-order valence-corrected chi connectivity index (χ0v) is 16.2. The Morgan fingerprint density at radius 2 is 2.00 bits per heavy atom. The minimum absolute atomic E-state index is 0.00487. The number of piperidine rings is 1. The molecule has 3 aromatic rings. The van der Waals surface area contributed by atoms with Crippen LogP contribution in [0.15, 0.2) is 54.7 Å². The molecule has 1 unspecified atom stereocenters. The summed E-state index contributed by atoms with van der Waals surface area (Å²) in [6, 6.07) is 17.2. The summed E-state index contributed by atoms with van der Waals surface area (Å²) in [7, 11) is 0. The van der Waals surface area contributed by atoms with Gasteiger partial charge in [0.05, 0.1) is 5.92 Å². The number of carbonyl (C=O) groups excluding carboxylic acids is 1. The zero-order valence-electron chi connectivity index (χ0n) is 16.2. The first kappa shape index (κ1) is 18.7. The normalized spacial score (nSPS) is 17.8. The fourth-order valence-corrected chi connectivity index (χ4v) is 4.17. The first-order valence-corrected chi connectivity index (χ1v) is 10.0. The van der Waals surface area contributed by atoms with Crippen LogP contribution in [0, 0.1) is 5.92 Å². The highest BCUT2D eigenvalue weighted by molar-refractivity contribution is 5.82. The van der Waals surface area contributed by atoms with Crippen molar-refractivity contribution in [2.24, 2.45) is 11.7 Å². The van der Waals surface area contributed by atoms with Crippen LogP contribution in [0.2, 0.25) is 0 Å². The van der Waals surface area contributed by atoms with Crippen LogP contribution >= 0.6 is 0 Å². The topological polar surface area (TPSA) is 74.2 Å². The summed E-state index contributed by atoms with van der Waals surface area (Å²) >= 11 is 0. The van der Waals surface area contributed by atoms with E-state index in [2.05, 4.69) is 63.7 Å². The average Bonchev–Trinajstić information content (AvgIpc) is 3.18. The van der Waals surface area contributed by atoms with Crippen molar-refractivity contribution in [3.8, 4) is 0 Å². The second kappa shape index (κ2) is 8.59. The lowest BCUT2D eigenvalue weighted by Gasteiger charge is -2.31. The molecule has 4 rings (SSSR count). The van der Waals surface area contributed by atoms with Gasteiger partial charge < -0.3 is 16.0 Å². The minimum atomic E-state index is -0.167. The molecule has 0 radical (unpaired) electrons. The molecule has 2 heterocycles. The standard InChI is InChI=1S/C23H28N4O/c24-23(28)20-7-3-11-27(16-20)15-18-5-1-4-17(12-18)13-25-14-19-6-2-8-22-21(19)9-10-26-22/h1-2,4-6,8-10,12,20,25-26H,3,7,11,13-16H2,(H2,24,28). The summed E-state index contributed by atoms with van der Waals surface area (Å²) in [6.07, 6.45) is 3.95. The molecule has 1 atom stereocenters. The van der Waals surface area contributed by atoms with E-state index >= 15 is 0 Å². The molecule has 1 saturated heterocycles. The van der Waals surface area contributed by atoms with E-state index in [4.69, 9.17) is 5.73 Å². The first-order chi connectivity index (χ1) is 13.7. The molecule has 0 spiro atoms.